The van der Waals surface area contributed by atoms with Gasteiger partial charge in [-0.25, -0.2) is 0 Å². The smallest absolute Gasteiger partial charge is 0.195 e. The Morgan fingerprint density at radius 3 is 2.58 bits per heavy atom. The normalized spacial score (nSPS) is 18.5. The number of morpholine rings is 1. The summed E-state index contributed by atoms with van der Waals surface area (Å²) >= 11 is 0. The first-order chi connectivity index (χ1) is 15.1. The van der Waals surface area contributed by atoms with Crippen molar-refractivity contribution in [2.45, 2.75) is 26.0 Å². The van der Waals surface area contributed by atoms with E-state index in [2.05, 4.69) is 59.8 Å². The monoisotopic (exact) mass is 412 g/mol. The molecule has 0 bridgehead atoms. The van der Waals surface area contributed by atoms with Gasteiger partial charge in [-0.05, 0) is 30.7 Å². The van der Waals surface area contributed by atoms with E-state index in [4.69, 9.17) is 4.74 Å². The maximum absolute atomic E-state index is 13.7. The molecule has 0 saturated carbocycles. The molecule has 0 radical (unpaired) electrons. The van der Waals surface area contributed by atoms with E-state index in [1.54, 1.807) is 0 Å². The van der Waals surface area contributed by atoms with Crippen LogP contribution in [0.4, 0.5) is 0 Å². The Morgan fingerprint density at radius 1 is 1.00 bits per heavy atom. The van der Waals surface area contributed by atoms with Crippen LogP contribution in [0, 0.1) is 0 Å². The van der Waals surface area contributed by atoms with Gasteiger partial charge in [0.05, 0.1) is 12.7 Å². The molecule has 31 heavy (non-hydrogen) atoms. The highest BCUT2D eigenvalue weighted by atomic mass is 16.5. The lowest BCUT2D eigenvalue weighted by molar-refractivity contribution is -0.0215. The van der Waals surface area contributed by atoms with Crippen molar-refractivity contribution in [1.82, 2.24) is 9.47 Å². The lowest BCUT2D eigenvalue weighted by Gasteiger charge is -2.33. The Labute approximate surface area is 183 Å². The summed E-state index contributed by atoms with van der Waals surface area (Å²) in [6.07, 6.45) is 2.33. The molecule has 4 aromatic rings. The predicted molar refractivity (Wildman–Crippen MR) is 126 cm³/mol. The number of nitrogens with zero attached hydrogens (tertiary/aromatic N) is 2. The Morgan fingerprint density at radius 2 is 1.74 bits per heavy atom. The van der Waals surface area contributed by atoms with Crippen molar-refractivity contribution < 1.29 is 9.53 Å². The van der Waals surface area contributed by atoms with E-state index in [1.807, 2.05) is 36.4 Å². The van der Waals surface area contributed by atoms with Crippen LogP contribution in [0.3, 0.4) is 0 Å². The average molecular weight is 413 g/mol. The second-order valence-electron chi connectivity index (χ2n) is 8.61. The van der Waals surface area contributed by atoms with Crippen LogP contribution in [-0.2, 0) is 4.74 Å². The van der Waals surface area contributed by atoms with Gasteiger partial charge in [-0.1, -0.05) is 60.7 Å². The van der Waals surface area contributed by atoms with Crippen LogP contribution in [0.15, 0.2) is 72.9 Å². The van der Waals surface area contributed by atoms with Gasteiger partial charge in [0.25, 0.3) is 0 Å². The van der Waals surface area contributed by atoms with Crippen LogP contribution in [0.2, 0.25) is 0 Å². The number of fused-ring (bicyclic) bond motifs is 2. The Kier molecular flexibility index (Phi) is 5.34. The fourth-order valence-electron chi connectivity index (χ4n) is 4.84. The van der Waals surface area contributed by atoms with Crippen molar-refractivity contribution in [3.05, 3.63) is 84.1 Å². The topological polar surface area (TPSA) is 34.5 Å². The molecule has 2 heterocycles. The molecule has 0 aliphatic carbocycles. The van der Waals surface area contributed by atoms with E-state index in [0.29, 0.717) is 0 Å². The SMILES string of the molecule is CC1CN(C[C@@H](C)n2cc(C(=O)c3cccc4ccccc34)c3ccccc32)CCO1. The van der Waals surface area contributed by atoms with Crippen molar-refractivity contribution in [2.75, 3.05) is 26.2 Å². The first-order valence-electron chi connectivity index (χ1n) is 11.1. The summed E-state index contributed by atoms with van der Waals surface area (Å²) in [4.78, 5) is 16.2. The van der Waals surface area contributed by atoms with Gasteiger partial charge < -0.3 is 9.30 Å². The summed E-state index contributed by atoms with van der Waals surface area (Å²) in [5.74, 6) is 0.0824. The lowest BCUT2D eigenvalue weighted by Crippen LogP contribution is -2.43. The second-order valence-corrected chi connectivity index (χ2v) is 8.61. The van der Waals surface area contributed by atoms with Crippen molar-refractivity contribution in [3.8, 4) is 0 Å². The molecule has 1 fully saturated rings. The maximum Gasteiger partial charge on any atom is 0.195 e. The quantitative estimate of drug-likeness (QED) is 0.417. The molecule has 1 unspecified atom stereocenters. The molecular formula is C27H28N2O2. The highest BCUT2D eigenvalue weighted by Gasteiger charge is 2.23. The van der Waals surface area contributed by atoms with Gasteiger partial charge in [0.15, 0.2) is 5.78 Å². The maximum atomic E-state index is 13.7. The third-order valence-electron chi connectivity index (χ3n) is 6.34. The van der Waals surface area contributed by atoms with Gasteiger partial charge in [0.1, 0.15) is 0 Å². The predicted octanol–water partition coefficient (Wildman–Crippen LogP) is 5.31. The Balaban J connectivity index is 1.53. The summed E-state index contributed by atoms with van der Waals surface area (Å²) in [7, 11) is 0. The van der Waals surface area contributed by atoms with Gasteiger partial charge in [-0.2, -0.15) is 0 Å². The lowest BCUT2D eigenvalue weighted by atomic mass is 9.97. The molecule has 1 saturated heterocycles. The molecular weight excluding hydrogens is 384 g/mol. The molecule has 0 N–H and O–H groups in total. The van der Waals surface area contributed by atoms with Crippen molar-refractivity contribution in [1.29, 1.82) is 0 Å². The third-order valence-corrected chi connectivity index (χ3v) is 6.34. The Hall–Kier alpha value is -2.95. The van der Waals surface area contributed by atoms with E-state index >= 15 is 0 Å². The number of para-hydroxylation sites is 1. The summed E-state index contributed by atoms with van der Waals surface area (Å²) in [5.41, 5.74) is 2.64. The number of carbonyl (C=O) groups excluding carboxylic acids is 1. The Bertz CT molecular complexity index is 1240. The standard InChI is InChI=1S/C27H28N2O2/c1-19(16-28-14-15-31-20(2)17-28)29-18-25(23-11-5-6-13-26(23)29)27(30)24-12-7-9-21-8-3-4-10-22(21)24/h3-13,18-20H,14-17H2,1-2H3/t19-,20?/m1/s1. The second kappa shape index (κ2) is 8.29. The summed E-state index contributed by atoms with van der Waals surface area (Å²) in [6, 6.07) is 22.6. The fraction of sp³-hybridized carbons (Fsp3) is 0.296. The molecule has 1 aliphatic rings. The zero-order valence-corrected chi connectivity index (χ0v) is 18.1. The summed E-state index contributed by atoms with van der Waals surface area (Å²) < 4.78 is 7.96. The highest BCUT2D eigenvalue weighted by Crippen LogP contribution is 2.29. The number of benzene rings is 3. The highest BCUT2D eigenvalue weighted by molar-refractivity contribution is 6.21. The van der Waals surface area contributed by atoms with Gasteiger partial charge in [0.2, 0.25) is 0 Å². The molecule has 158 valence electrons. The first kappa shape index (κ1) is 20.0. The molecule has 2 atom stereocenters. The van der Waals surface area contributed by atoms with E-state index in [0.717, 1.165) is 59.0 Å². The molecule has 0 spiro atoms. The number of rotatable bonds is 5. The van der Waals surface area contributed by atoms with Gasteiger partial charge in [-0.3, -0.25) is 9.69 Å². The number of aromatic nitrogens is 1. The van der Waals surface area contributed by atoms with Crippen LogP contribution in [-0.4, -0.2) is 47.6 Å². The third kappa shape index (κ3) is 3.78. The van der Waals surface area contributed by atoms with Gasteiger partial charge in [-0.15, -0.1) is 0 Å². The first-order valence-corrected chi connectivity index (χ1v) is 11.1. The van der Waals surface area contributed by atoms with Crippen LogP contribution in [0.5, 0.6) is 0 Å². The zero-order valence-electron chi connectivity index (χ0n) is 18.1. The average Bonchev–Trinajstić information content (AvgIpc) is 3.18. The fourth-order valence-corrected chi connectivity index (χ4v) is 4.84. The molecule has 4 nitrogen and oxygen atoms in total. The number of carbonyl (C=O) groups is 1. The minimum atomic E-state index is 0.0824. The molecule has 0 amide bonds. The van der Waals surface area contributed by atoms with Crippen LogP contribution >= 0.6 is 0 Å². The number of hydrogen-bond donors (Lipinski definition) is 0. The number of hydrogen-bond acceptors (Lipinski definition) is 3. The van der Waals surface area contributed by atoms with E-state index in [1.165, 1.54) is 0 Å². The van der Waals surface area contributed by atoms with Crippen LogP contribution < -0.4 is 0 Å². The summed E-state index contributed by atoms with van der Waals surface area (Å²) in [6.45, 7) is 7.99. The molecule has 3 aromatic carbocycles. The number of ether oxygens (including phenoxy) is 1. The summed E-state index contributed by atoms with van der Waals surface area (Å²) in [5, 5.41) is 3.11. The molecule has 4 heteroatoms. The van der Waals surface area contributed by atoms with Crippen molar-refractivity contribution in [3.63, 3.8) is 0 Å². The minimum Gasteiger partial charge on any atom is -0.376 e. The zero-order chi connectivity index (χ0) is 21.4. The van der Waals surface area contributed by atoms with Crippen molar-refractivity contribution >= 4 is 27.5 Å². The number of ketones is 1. The van der Waals surface area contributed by atoms with E-state index < -0.39 is 0 Å². The van der Waals surface area contributed by atoms with Gasteiger partial charge in [0, 0.05) is 53.9 Å². The van der Waals surface area contributed by atoms with E-state index in [9.17, 15) is 4.79 Å². The van der Waals surface area contributed by atoms with Crippen LogP contribution in [0.25, 0.3) is 21.7 Å². The van der Waals surface area contributed by atoms with Crippen LogP contribution in [0.1, 0.15) is 35.8 Å². The van der Waals surface area contributed by atoms with E-state index in [-0.39, 0.29) is 17.9 Å². The molecule has 5 rings (SSSR count). The molecule has 1 aliphatic heterocycles. The molecule has 1 aromatic heterocycles. The van der Waals surface area contributed by atoms with Crippen molar-refractivity contribution in [2.24, 2.45) is 0 Å². The van der Waals surface area contributed by atoms with Gasteiger partial charge >= 0.3 is 0 Å². The minimum absolute atomic E-state index is 0.0824. The largest absolute Gasteiger partial charge is 0.376 e.